The maximum atomic E-state index is 12.5. The number of ether oxygens (including phenoxy) is 1. The molecule has 3 N–H and O–H groups in total. The van der Waals surface area contributed by atoms with Gasteiger partial charge in [-0.1, -0.05) is 42.5 Å². The van der Waals surface area contributed by atoms with Gasteiger partial charge in [-0.15, -0.1) is 13.2 Å². The minimum absolute atomic E-state index is 0.0351. The SMILES string of the molecule is NC(=NCc1nccn1CCCc1ccccc1)Nc1ccccc1OC(F)(F)F. The van der Waals surface area contributed by atoms with Gasteiger partial charge < -0.3 is 20.4 Å². The van der Waals surface area contributed by atoms with Crippen LogP contribution in [0.2, 0.25) is 0 Å². The Hall–Kier alpha value is -3.49. The van der Waals surface area contributed by atoms with Crippen molar-refractivity contribution in [2.45, 2.75) is 32.3 Å². The number of aliphatic imine (C=N–C) groups is 1. The fraction of sp³-hybridized carbons (Fsp3) is 0.238. The first-order chi connectivity index (χ1) is 14.4. The van der Waals surface area contributed by atoms with Crippen LogP contribution in [0.4, 0.5) is 18.9 Å². The monoisotopic (exact) mass is 417 g/mol. The number of imidazole rings is 1. The zero-order chi connectivity index (χ0) is 21.4. The van der Waals surface area contributed by atoms with E-state index in [1.165, 1.54) is 23.8 Å². The van der Waals surface area contributed by atoms with Crippen LogP contribution in [0, 0.1) is 0 Å². The Morgan fingerprint density at radius 2 is 1.83 bits per heavy atom. The van der Waals surface area contributed by atoms with E-state index in [0.717, 1.165) is 19.4 Å². The van der Waals surface area contributed by atoms with Crippen LogP contribution in [0.25, 0.3) is 0 Å². The summed E-state index contributed by atoms with van der Waals surface area (Å²) < 4.78 is 43.6. The molecule has 158 valence electrons. The molecule has 0 amide bonds. The third-order valence-corrected chi connectivity index (χ3v) is 4.28. The van der Waals surface area contributed by atoms with Gasteiger partial charge in [0.25, 0.3) is 0 Å². The van der Waals surface area contributed by atoms with Gasteiger partial charge in [0.05, 0.1) is 5.69 Å². The van der Waals surface area contributed by atoms with Gasteiger partial charge >= 0.3 is 6.36 Å². The first kappa shape index (κ1) is 21.2. The molecule has 30 heavy (non-hydrogen) atoms. The van der Waals surface area contributed by atoms with Gasteiger partial charge in [-0.25, -0.2) is 9.98 Å². The molecule has 0 saturated carbocycles. The van der Waals surface area contributed by atoms with Gasteiger partial charge in [-0.3, -0.25) is 0 Å². The standard InChI is InChI=1S/C21H22F3N5O/c22-21(23,24)30-18-11-5-4-10-17(18)28-20(25)27-15-19-26-12-14-29(19)13-6-9-16-7-2-1-3-8-16/h1-5,7-8,10-12,14H,6,9,13,15H2,(H3,25,27,28). The van der Waals surface area contributed by atoms with Crippen molar-refractivity contribution in [3.63, 3.8) is 0 Å². The lowest BCUT2D eigenvalue weighted by molar-refractivity contribution is -0.274. The number of nitrogens with zero attached hydrogens (tertiary/aromatic N) is 3. The molecule has 3 aromatic rings. The van der Waals surface area contributed by atoms with Crippen LogP contribution >= 0.6 is 0 Å². The second-order valence-corrected chi connectivity index (χ2v) is 6.50. The molecule has 0 radical (unpaired) electrons. The largest absolute Gasteiger partial charge is 0.573 e. The normalized spacial score (nSPS) is 12.0. The summed E-state index contributed by atoms with van der Waals surface area (Å²) in [6, 6.07) is 15.8. The summed E-state index contributed by atoms with van der Waals surface area (Å²) in [6.07, 6.45) is 0.637. The smallest absolute Gasteiger partial charge is 0.404 e. The Balaban J connectivity index is 1.57. The van der Waals surface area contributed by atoms with E-state index >= 15 is 0 Å². The molecule has 0 saturated heterocycles. The number of rotatable bonds is 8. The van der Waals surface area contributed by atoms with Gasteiger partial charge in [0, 0.05) is 18.9 Å². The highest BCUT2D eigenvalue weighted by molar-refractivity contribution is 5.93. The fourth-order valence-electron chi connectivity index (χ4n) is 2.91. The summed E-state index contributed by atoms with van der Waals surface area (Å²) in [5.41, 5.74) is 7.19. The topological polar surface area (TPSA) is 77.5 Å². The second-order valence-electron chi connectivity index (χ2n) is 6.50. The quantitative estimate of drug-likeness (QED) is 0.422. The first-order valence-corrected chi connectivity index (χ1v) is 9.36. The molecule has 9 heteroatoms. The predicted molar refractivity (Wildman–Crippen MR) is 109 cm³/mol. The van der Waals surface area contributed by atoms with Crippen molar-refractivity contribution in [3.05, 3.63) is 78.4 Å². The van der Waals surface area contributed by atoms with Gasteiger partial charge in [0.2, 0.25) is 0 Å². The number of alkyl halides is 3. The summed E-state index contributed by atoms with van der Waals surface area (Å²) in [6.45, 7) is 0.967. The van der Waals surface area contributed by atoms with Crippen LogP contribution in [-0.2, 0) is 19.5 Å². The Morgan fingerprint density at radius 3 is 2.60 bits per heavy atom. The molecule has 0 bridgehead atoms. The highest BCUT2D eigenvalue weighted by atomic mass is 19.4. The van der Waals surface area contributed by atoms with Crippen molar-refractivity contribution in [1.29, 1.82) is 0 Å². The third-order valence-electron chi connectivity index (χ3n) is 4.28. The van der Waals surface area contributed by atoms with E-state index in [0.29, 0.717) is 5.82 Å². The Bertz CT molecular complexity index is 970. The maximum Gasteiger partial charge on any atom is 0.573 e. The molecule has 0 aliphatic heterocycles. The Morgan fingerprint density at radius 1 is 1.10 bits per heavy atom. The number of anilines is 1. The Kier molecular flexibility index (Phi) is 6.95. The number of guanidine groups is 1. The van der Waals surface area contributed by atoms with E-state index < -0.39 is 6.36 Å². The lowest BCUT2D eigenvalue weighted by Crippen LogP contribution is -2.24. The number of aromatic nitrogens is 2. The molecule has 2 aromatic carbocycles. The molecular weight excluding hydrogens is 395 g/mol. The van der Waals surface area contributed by atoms with Crippen molar-refractivity contribution >= 4 is 11.6 Å². The summed E-state index contributed by atoms with van der Waals surface area (Å²) in [4.78, 5) is 8.48. The lowest BCUT2D eigenvalue weighted by atomic mass is 10.1. The summed E-state index contributed by atoms with van der Waals surface area (Å²) in [5.74, 6) is 0.297. The van der Waals surface area contributed by atoms with Gasteiger partial charge in [-0.05, 0) is 30.5 Å². The zero-order valence-electron chi connectivity index (χ0n) is 16.1. The number of benzene rings is 2. The lowest BCUT2D eigenvalue weighted by Gasteiger charge is -2.14. The van der Waals surface area contributed by atoms with Gasteiger partial charge in [-0.2, -0.15) is 0 Å². The van der Waals surface area contributed by atoms with Gasteiger partial charge in [0.1, 0.15) is 12.4 Å². The number of aryl methyl sites for hydroxylation is 2. The summed E-state index contributed by atoms with van der Waals surface area (Å²) in [7, 11) is 0. The molecule has 0 fully saturated rings. The first-order valence-electron chi connectivity index (χ1n) is 9.36. The van der Waals surface area contributed by atoms with Gasteiger partial charge in [0.15, 0.2) is 11.7 Å². The highest BCUT2D eigenvalue weighted by Crippen LogP contribution is 2.29. The Labute approximate surface area is 172 Å². The van der Waals surface area contributed by atoms with Crippen molar-refractivity contribution in [2.24, 2.45) is 10.7 Å². The average molecular weight is 417 g/mol. The minimum atomic E-state index is -4.80. The van der Waals surface area contributed by atoms with Crippen LogP contribution in [0.3, 0.4) is 0 Å². The number of nitrogens with two attached hydrogens (primary N) is 1. The van der Waals surface area contributed by atoms with E-state index in [1.807, 2.05) is 29.0 Å². The van der Waals surface area contributed by atoms with Crippen LogP contribution in [0.15, 0.2) is 72.0 Å². The zero-order valence-corrected chi connectivity index (χ0v) is 16.1. The molecule has 1 aromatic heterocycles. The summed E-state index contributed by atoms with van der Waals surface area (Å²) in [5, 5.41) is 2.65. The molecule has 0 spiro atoms. The number of halogens is 3. The molecule has 6 nitrogen and oxygen atoms in total. The molecule has 0 aliphatic carbocycles. The van der Waals surface area contributed by atoms with E-state index in [1.54, 1.807) is 12.3 Å². The molecular formula is C21H22F3N5O. The number of hydrogen-bond acceptors (Lipinski definition) is 3. The van der Waals surface area contributed by atoms with Crippen molar-refractivity contribution in [2.75, 3.05) is 5.32 Å². The van der Waals surface area contributed by atoms with E-state index in [2.05, 4.69) is 32.2 Å². The molecule has 3 rings (SSSR count). The van der Waals surface area contributed by atoms with E-state index in [4.69, 9.17) is 5.73 Å². The van der Waals surface area contributed by atoms with Crippen molar-refractivity contribution in [1.82, 2.24) is 9.55 Å². The maximum absolute atomic E-state index is 12.5. The van der Waals surface area contributed by atoms with E-state index in [-0.39, 0.29) is 23.9 Å². The molecule has 0 atom stereocenters. The molecule has 1 heterocycles. The minimum Gasteiger partial charge on any atom is -0.404 e. The second kappa shape index (κ2) is 9.82. The predicted octanol–water partition coefficient (Wildman–Crippen LogP) is 4.34. The average Bonchev–Trinajstić information content (AvgIpc) is 3.15. The molecule has 0 unspecified atom stereocenters. The van der Waals surface area contributed by atoms with Crippen LogP contribution in [0.1, 0.15) is 17.8 Å². The highest BCUT2D eigenvalue weighted by Gasteiger charge is 2.32. The van der Waals surface area contributed by atoms with E-state index in [9.17, 15) is 13.2 Å². The third kappa shape index (κ3) is 6.54. The number of para-hydroxylation sites is 2. The molecule has 0 aliphatic rings. The number of nitrogens with one attached hydrogen (secondary N) is 1. The van der Waals surface area contributed by atoms with Crippen molar-refractivity contribution in [3.8, 4) is 5.75 Å². The van der Waals surface area contributed by atoms with Crippen LogP contribution < -0.4 is 15.8 Å². The van der Waals surface area contributed by atoms with Crippen molar-refractivity contribution < 1.29 is 17.9 Å². The van der Waals surface area contributed by atoms with Crippen LogP contribution in [0.5, 0.6) is 5.75 Å². The van der Waals surface area contributed by atoms with Crippen LogP contribution in [-0.4, -0.2) is 21.9 Å². The summed E-state index contributed by atoms with van der Waals surface area (Å²) >= 11 is 0. The fourth-order valence-corrected chi connectivity index (χ4v) is 2.91. The number of hydrogen-bond donors (Lipinski definition) is 2.